The van der Waals surface area contributed by atoms with Crippen molar-refractivity contribution in [1.29, 1.82) is 0 Å². The van der Waals surface area contributed by atoms with E-state index in [2.05, 4.69) is 21.6 Å². The highest BCUT2D eigenvalue weighted by Crippen LogP contribution is 2.43. The Morgan fingerprint density at radius 2 is 2.16 bits per heavy atom. The molecule has 2 aliphatic carbocycles. The summed E-state index contributed by atoms with van der Waals surface area (Å²) in [5.74, 6) is 1.40. The van der Waals surface area contributed by atoms with Crippen LogP contribution in [0.1, 0.15) is 66.2 Å². The molecular weight excluding hydrogens is 314 g/mol. The first kappa shape index (κ1) is 16.2. The SMILES string of the molecule is CC(C)Oc1ccc(C(=O)NC2CCc3[nH]ncc3C2)c(C2CC2)c1. The molecule has 25 heavy (non-hydrogen) atoms. The second-order valence-electron chi connectivity index (χ2n) is 7.48. The standard InChI is InChI=1S/C20H25N3O2/c1-12(2)25-16-6-7-17(18(10-16)13-3-4-13)20(24)22-15-5-8-19-14(9-15)11-21-23-19/h6-7,10-13,15H,3-5,8-9H2,1-2H3,(H,21,23)(H,22,24). The number of carbonyl (C=O) groups excluding carboxylic acids is 1. The summed E-state index contributed by atoms with van der Waals surface area (Å²) in [6.45, 7) is 4.04. The Morgan fingerprint density at radius 3 is 2.92 bits per heavy atom. The van der Waals surface area contributed by atoms with Crippen LogP contribution in [0, 0.1) is 0 Å². The molecule has 4 rings (SSSR count). The number of aromatic amines is 1. The number of benzene rings is 1. The summed E-state index contributed by atoms with van der Waals surface area (Å²) in [7, 11) is 0. The number of aromatic nitrogens is 2. The normalized spacial score (nSPS) is 19.6. The van der Waals surface area contributed by atoms with Gasteiger partial charge in [-0.15, -0.1) is 0 Å². The van der Waals surface area contributed by atoms with Gasteiger partial charge < -0.3 is 10.1 Å². The predicted octanol–water partition coefficient (Wildman–Crippen LogP) is 3.36. The molecule has 0 aliphatic heterocycles. The van der Waals surface area contributed by atoms with E-state index >= 15 is 0 Å². The van der Waals surface area contributed by atoms with Crippen LogP contribution in [0.5, 0.6) is 5.75 Å². The summed E-state index contributed by atoms with van der Waals surface area (Å²) in [6.07, 6.45) is 7.08. The lowest BCUT2D eigenvalue weighted by atomic mass is 9.93. The molecule has 1 amide bonds. The summed E-state index contributed by atoms with van der Waals surface area (Å²) in [5, 5.41) is 10.4. The molecule has 1 heterocycles. The van der Waals surface area contributed by atoms with Gasteiger partial charge in [-0.3, -0.25) is 9.89 Å². The molecule has 1 fully saturated rings. The highest BCUT2D eigenvalue weighted by atomic mass is 16.5. The number of amides is 1. The maximum Gasteiger partial charge on any atom is 0.251 e. The molecule has 1 aromatic carbocycles. The van der Waals surface area contributed by atoms with E-state index in [4.69, 9.17) is 4.74 Å². The zero-order chi connectivity index (χ0) is 17.4. The van der Waals surface area contributed by atoms with Crippen molar-refractivity contribution < 1.29 is 9.53 Å². The van der Waals surface area contributed by atoms with Crippen LogP contribution >= 0.6 is 0 Å². The number of ether oxygens (including phenoxy) is 1. The lowest BCUT2D eigenvalue weighted by Crippen LogP contribution is -2.39. The molecule has 2 N–H and O–H groups in total. The van der Waals surface area contributed by atoms with Gasteiger partial charge in [0.15, 0.2) is 0 Å². The largest absolute Gasteiger partial charge is 0.491 e. The first-order valence-corrected chi connectivity index (χ1v) is 9.22. The molecule has 1 unspecified atom stereocenters. The van der Waals surface area contributed by atoms with Crippen molar-refractivity contribution in [3.05, 3.63) is 46.8 Å². The fourth-order valence-electron chi connectivity index (χ4n) is 3.63. The Bertz CT molecular complexity index is 777. The molecule has 2 aromatic rings. The molecule has 1 aromatic heterocycles. The number of rotatable bonds is 5. The second-order valence-corrected chi connectivity index (χ2v) is 7.48. The monoisotopic (exact) mass is 339 g/mol. The summed E-state index contributed by atoms with van der Waals surface area (Å²) in [6, 6.07) is 6.07. The number of hydrogen-bond donors (Lipinski definition) is 2. The number of H-pyrrole nitrogens is 1. The van der Waals surface area contributed by atoms with Crippen molar-refractivity contribution in [2.75, 3.05) is 0 Å². The van der Waals surface area contributed by atoms with Crippen LogP contribution in [0.15, 0.2) is 24.4 Å². The molecular formula is C20H25N3O2. The quantitative estimate of drug-likeness (QED) is 0.878. The van der Waals surface area contributed by atoms with Crippen LogP contribution in [0.4, 0.5) is 0 Å². The zero-order valence-corrected chi connectivity index (χ0v) is 14.8. The highest BCUT2D eigenvalue weighted by Gasteiger charge is 2.30. The van der Waals surface area contributed by atoms with Crippen LogP contribution < -0.4 is 10.1 Å². The molecule has 0 spiro atoms. The Labute approximate surface area is 148 Å². The van der Waals surface area contributed by atoms with Crippen molar-refractivity contribution in [3.8, 4) is 5.75 Å². The number of nitrogens with one attached hydrogen (secondary N) is 2. The summed E-state index contributed by atoms with van der Waals surface area (Å²) in [5.41, 5.74) is 4.37. The van der Waals surface area contributed by atoms with Crippen molar-refractivity contribution in [2.45, 2.75) is 64.0 Å². The number of hydrogen-bond acceptors (Lipinski definition) is 3. The lowest BCUT2D eigenvalue weighted by molar-refractivity contribution is 0.0932. The Hall–Kier alpha value is -2.30. The predicted molar refractivity (Wildman–Crippen MR) is 96.0 cm³/mol. The first-order valence-electron chi connectivity index (χ1n) is 9.22. The number of fused-ring (bicyclic) bond motifs is 1. The smallest absolute Gasteiger partial charge is 0.251 e. The maximum absolute atomic E-state index is 12.9. The van der Waals surface area contributed by atoms with Gasteiger partial charge in [0.2, 0.25) is 0 Å². The van der Waals surface area contributed by atoms with Crippen LogP contribution in [-0.4, -0.2) is 28.3 Å². The first-order chi connectivity index (χ1) is 12.1. The van der Waals surface area contributed by atoms with E-state index in [1.54, 1.807) is 0 Å². The van der Waals surface area contributed by atoms with E-state index in [9.17, 15) is 4.79 Å². The third-order valence-corrected chi connectivity index (χ3v) is 5.01. The van der Waals surface area contributed by atoms with Gasteiger partial charge in [-0.05, 0) is 81.2 Å². The van der Waals surface area contributed by atoms with Crippen molar-refractivity contribution in [3.63, 3.8) is 0 Å². The average molecular weight is 339 g/mol. The fourth-order valence-corrected chi connectivity index (χ4v) is 3.63. The molecule has 0 radical (unpaired) electrons. The minimum Gasteiger partial charge on any atom is -0.491 e. The van der Waals surface area contributed by atoms with Gasteiger partial charge in [-0.2, -0.15) is 5.10 Å². The van der Waals surface area contributed by atoms with Gasteiger partial charge in [0.1, 0.15) is 5.75 Å². The van der Waals surface area contributed by atoms with E-state index in [-0.39, 0.29) is 18.1 Å². The van der Waals surface area contributed by atoms with Gasteiger partial charge in [0, 0.05) is 17.3 Å². The summed E-state index contributed by atoms with van der Waals surface area (Å²) >= 11 is 0. The van der Waals surface area contributed by atoms with Crippen LogP contribution in [0.25, 0.3) is 0 Å². The van der Waals surface area contributed by atoms with E-state index in [0.29, 0.717) is 5.92 Å². The molecule has 0 bridgehead atoms. The lowest BCUT2D eigenvalue weighted by Gasteiger charge is -2.23. The van der Waals surface area contributed by atoms with Crippen molar-refractivity contribution in [2.24, 2.45) is 0 Å². The topological polar surface area (TPSA) is 67.0 Å². The summed E-state index contributed by atoms with van der Waals surface area (Å²) < 4.78 is 5.81. The van der Waals surface area contributed by atoms with Crippen LogP contribution in [0.3, 0.4) is 0 Å². The van der Waals surface area contributed by atoms with Gasteiger partial charge >= 0.3 is 0 Å². The van der Waals surface area contributed by atoms with Crippen molar-refractivity contribution in [1.82, 2.24) is 15.5 Å². The van der Waals surface area contributed by atoms with Gasteiger partial charge in [0.05, 0.1) is 12.3 Å². The number of aryl methyl sites for hydroxylation is 1. The minimum atomic E-state index is 0.0370. The number of nitrogens with zero attached hydrogens (tertiary/aromatic N) is 1. The number of carbonyl (C=O) groups is 1. The van der Waals surface area contributed by atoms with E-state index in [1.165, 1.54) is 11.3 Å². The Morgan fingerprint density at radius 1 is 1.32 bits per heavy atom. The second kappa shape index (κ2) is 6.54. The van der Waals surface area contributed by atoms with Gasteiger partial charge in [-0.25, -0.2) is 0 Å². The van der Waals surface area contributed by atoms with E-state index < -0.39 is 0 Å². The average Bonchev–Trinajstić information content (AvgIpc) is 3.32. The third kappa shape index (κ3) is 3.55. The summed E-state index contributed by atoms with van der Waals surface area (Å²) in [4.78, 5) is 12.9. The Kier molecular flexibility index (Phi) is 4.24. The third-order valence-electron chi connectivity index (χ3n) is 5.01. The fraction of sp³-hybridized carbons (Fsp3) is 0.500. The molecule has 5 nitrogen and oxygen atoms in total. The van der Waals surface area contributed by atoms with E-state index in [0.717, 1.165) is 49.0 Å². The zero-order valence-electron chi connectivity index (χ0n) is 14.8. The Balaban J connectivity index is 1.50. The molecule has 0 saturated heterocycles. The molecule has 2 aliphatic rings. The van der Waals surface area contributed by atoms with Crippen molar-refractivity contribution >= 4 is 5.91 Å². The minimum absolute atomic E-state index is 0.0370. The molecule has 1 atom stereocenters. The molecule has 5 heteroatoms. The molecule has 132 valence electrons. The van der Waals surface area contributed by atoms with Gasteiger partial charge in [-0.1, -0.05) is 0 Å². The molecule has 1 saturated carbocycles. The van der Waals surface area contributed by atoms with Gasteiger partial charge in [0.25, 0.3) is 5.91 Å². The van der Waals surface area contributed by atoms with Crippen LogP contribution in [0.2, 0.25) is 0 Å². The maximum atomic E-state index is 12.9. The highest BCUT2D eigenvalue weighted by molar-refractivity contribution is 5.96. The van der Waals surface area contributed by atoms with Crippen LogP contribution in [-0.2, 0) is 12.8 Å². The van der Waals surface area contributed by atoms with E-state index in [1.807, 2.05) is 32.2 Å².